The van der Waals surface area contributed by atoms with E-state index >= 15 is 0 Å². The Morgan fingerprint density at radius 2 is 1.84 bits per heavy atom. The monoisotopic (exact) mass is 494 g/mol. The molecule has 2 N–H and O–H groups in total. The van der Waals surface area contributed by atoms with Crippen LogP contribution in [0.3, 0.4) is 0 Å². The summed E-state index contributed by atoms with van der Waals surface area (Å²) in [6.07, 6.45) is 11.4. The first-order valence-electron chi connectivity index (χ1n) is 12.3. The van der Waals surface area contributed by atoms with E-state index in [-0.39, 0.29) is 11.8 Å². The van der Waals surface area contributed by atoms with Gasteiger partial charge in [0.2, 0.25) is 0 Å². The van der Waals surface area contributed by atoms with E-state index in [1.165, 1.54) is 6.33 Å². The number of nitrogen functional groups attached to an aromatic ring is 1. The maximum atomic E-state index is 13.0. The number of aryl methyl sites for hydroxylation is 1. The zero-order chi connectivity index (χ0) is 26.5. The van der Waals surface area contributed by atoms with Gasteiger partial charge in [-0.3, -0.25) is 9.59 Å². The molecule has 1 atom stereocenters. The van der Waals surface area contributed by atoms with Crippen LogP contribution in [-0.4, -0.2) is 61.3 Å². The number of hydrogen-bond acceptors (Lipinski definition) is 5. The van der Waals surface area contributed by atoms with E-state index in [0.717, 1.165) is 48.3 Å². The molecule has 0 radical (unpaired) electrons. The molecule has 0 saturated carbocycles. The number of carbonyl (C=O) groups is 2. The first kappa shape index (κ1) is 24.3. The van der Waals surface area contributed by atoms with Gasteiger partial charge in [-0.05, 0) is 56.0 Å². The Morgan fingerprint density at radius 1 is 1.16 bits per heavy atom. The van der Waals surface area contributed by atoms with Gasteiger partial charge in [0, 0.05) is 43.4 Å². The summed E-state index contributed by atoms with van der Waals surface area (Å²) in [5.41, 5.74) is 10.6. The number of aromatic nitrogens is 3. The first-order chi connectivity index (χ1) is 17.7. The minimum atomic E-state index is -0.914. The second-order valence-electron chi connectivity index (χ2n) is 9.95. The second kappa shape index (κ2) is 8.93. The Kier molecular flexibility index (Phi) is 5.87. The number of nitrogens with two attached hydrogens (primary N) is 1. The van der Waals surface area contributed by atoms with Crippen LogP contribution in [0.5, 0.6) is 0 Å². The van der Waals surface area contributed by atoms with Gasteiger partial charge in [-0.2, -0.15) is 0 Å². The average molecular weight is 495 g/mol. The molecule has 8 heteroatoms. The Hall–Kier alpha value is -4.38. The maximum Gasteiger partial charge on any atom is 0.253 e. The van der Waals surface area contributed by atoms with Crippen molar-refractivity contribution >= 4 is 34.2 Å². The van der Waals surface area contributed by atoms with E-state index < -0.39 is 5.54 Å². The highest BCUT2D eigenvalue weighted by Gasteiger charge is 2.40. The van der Waals surface area contributed by atoms with Gasteiger partial charge < -0.3 is 20.1 Å². The highest BCUT2D eigenvalue weighted by atomic mass is 16.2. The van der Waals surface area contributed by atoms with Gasteiger partial charge in [0.15, 0.2) is 0 Å². The molecule has 2 aromatic heterocycles. The molecule has 3 aromatic rings. The standard InChI is InChI=1S/C29H30N6O2/c1-6-29(4)15-21(16-35(29)27(36)18(2)3)24-22(23-25(30)31-17-32-26(23)33(24)5)19-9-11-20(12-10-19)28(37)34-13-7-8-14-34/h1,9-12,15,17H,2,7-8,13-14,16H2,3-5H3,(H2,30,31,32)/t29-/m1/s1. The smallest absolute Gasteiger partial charge is 0.253 e. The fourth-order valence-electron chi connectivity index (χ4n) is 5.39. The van der Waals surface area contributed by atoms with Crippen LogP contribution in [0.4, 0.5) is 5.82 Å². The fraction of sp³-hybridized carbons (Fsp3) is 0.310. The lowest BCUT2D eigenvalue weighted by atomic mass is 9.96. The van der Waals surface area contributed by atoms with Crippen molar-refractivity contribution in [1.29, 1.82) is 0 Å². The van der Waals surface area contributed by atoms with E-state index in [0.29, 0.717) is 34.5 Å². The van der Waals surface area contributed by atoms with Gasteiger partial charge in [-0.25, -0.2) is 9.97 Å². The summed E-state index contributed by atoms with van der Waals surface area (Å²) in [5, 5.41) is 0.714. The molecule has 0 aliphatic carbocycles. The lowest BCUT2D eigenvalue weighted by Gasteiger charge is -2.30. The van der Waals surface area contributed by atoms with Crippen molar-refractivity contribution in [3.63, 3.8) is 0 Å². The minimum absolute atomic E-state index is 0.0438. The van der Waals surface area contributed by atoms with Crippen molar-refractivity contribution in [2.24, 2.45) is 7.05 Å². The van der Waals surface area contributed by atoms with Crippen molar-refractivity contribution < 1.29 is 9.59 Å². The van der Waals surface area contributed by atoms with E-state index in [2.05, 4.69) is 22.5 Å². The third-order valence-electron chi connectivity index (χ3n) is 7.36. The van der Waals surface area contributed by atoms with Crippen molar-refractivity contribution in [3.8, 4) is 23.5 Å². The number of terminal acetylenes is 1. The molecule has 1 fully saturated rings. The number of anilines is 1. The van der Waals surface area contributed by atoms with Gasteiger partial charge in [-0.1, -0.05) is 24.6 Å². The van der Waals surface area contributed by atoms with Gasteiger partial charge in [-0.15, -0.1) is 6.42 Å². The Labute approximate surface area is 216 Å². The normalized spacial score (nSPS) is 19.2. The summed E-state index contributed by atoms with van der Waals surface area (Å²) in [6.45, 7) is 9.25. The van der Waals surface area contributed by atoms with Crippen LogP contribution >= 0.6 is 0 Å². The molecule has 37 heavy (non-hydrogen) atoms. The van der Waals surface area contributed by atoms with Crippen molar-refractivity contribution in [1.82, 2.24) is 24.3 Å². The van der Waals surface area contributed by atoms with Crippen LogP contribution in [0.1, 0.15) is 42.7 Å². The summed E-state index contributed by atoms with van der Waals surface area (Å²) >= 11 is 0. The van der Waals surface area contributed by atoms with Gasteiger partial charge in [0.25, 0.3) is 11.8 Å². The van der Waals surface area contributed by atoms with Crippen LogP contribution in [0.15, 0.2) is 48.8 Å². The van der Waals surface area contributed by atoms with Crippen LogP contribution < -0.4 is 5.73 Å². The number of carbonyl (C=O) groups excluding carboxylic acids is 2. The molecule has 1 saturated heterocycles. The third kappa shape index (κ3) is 3.87. The van der Waals surface area contributed by atoms with Crippen molar-refractivity contribution in [2.75, 3.05) is 25.4 Å². The van der Waals surface area contributed by atoms with Gasteiger partial charge in [0.1, 0.15) is 23.3 Å². The molecule has 4 heterocycles. The first-order valence-corrected chi connectivity index (χ1v) is 12.3. The summed E-state index contributed by atoms with van der Waals surface area (Å²) in [4.78, 5) is 38.2. The summed E-state index contributed by atoms with van der Waals surface area (Å²) in [7, 11) is 1.91. The summed E-state index contributed by atoms with van der Waals surface area (Å²) < 4.78 is 1.96. The zero-order valence-electron chi connectivity index (χ0n) is 21.4. The van der Waals surface area contributed by atoms with Crippen LogP contribution in [0, 0.1) is 12.3 Å². The van der Waals surface area contributed by atoms with E-state index in [9.17, 15) is 9.59 Å². The molecular formula is C29H30N6O2. The largest absolute Gasteiger partial charge is 0.383 e. The number of amides is 2. The summed E-state index contributed by atoms with van der Waals surface area (Å²) in [5.74, 6) is 2.98. The van der Waals surface area contributed by atoms with Crippen LogP contribution in [0.25, 0.3) is 27.7 Å². The molecule has 0 bridgehead atoms. The predicted molar refractivity (Wildman–Crippen MR) is 145 cm³/mol. The topological polar surface area (TPSA) is 97.3 Å². The zero-order valence-corrected chi connectivity index (χ0v) is 21.4. The lowest BCUT2D eigenvalue weighted by molar-refractivity contribution is -0.128. The molecule has 2 aliphatic rings. The number of likely N-dealkylation sites (tertiary alicyclic amines) is 1. The highest BCUT2D eigenvalue weighted by Crippen LogP contribution is 2.43. The molecular weight excluding hydrogens is 464 g/mol. The summed E-state index contributed by atoms with van der Waals surface area (Å²) in [6, 6.07) is 7.57. The average Bonchev–Trinajstić information content (AvgIpc) is 3.61. The van der Waals surface area contributed by atoms with Crippen LogP contribution in [-0.2, 0) is 11.8 Å². The molecule has 0 unspecified atom stereocenters. The van der Waals surface area contributed by atoms with E-state index in [4.69, 9.17) is 12.2 Å². The third-order valence-corrected chi connectivity index (χ3v) is 7.36. The highest BCUT2D eigenvalue weighted by molar-refractivity contribution is 6.07. The molecule has 0 spiro atoms. The molecule has 2 aliphatic heterocycles. The quantitative estimate of drug-likeness (QED) is 0.441. The lowest BCUT2D eigenvalue weighted by Crippen LogP contribution is -2.44. The number of hydrogen-bond donors (Lipinski definition) is 1. The Morgan fingerprint density at radius 3 is 2.46 bits per heavy atom. The van der Waals surface area contributed by atoms with Crippen molar-refractivity contribution in [2.45, 2.75) is 32.2 Å². The second-order valence-corrected chi connectivity index (χ2v) is 9.95. The Bertz CT molecular complexity index is 1520. The molecule has 188 valence electrons. The van der Waals surface area contributed by atoms with Gasteiger partial charge in [0.05, 0.1) is 11.1 Å². The number of fused-ring (bicyclic) bond motifs is 1. The van der Waals surface area contributed by atoms with E-state index in [1.54, 1.807) is 11.8 Å². The molecule has 2 amide bonds. The van der Waals surface area contributed by atoms with E-state index in [1.807, 2.05) is 53.8 Å². The SMILES string of the molecule is C#C[C@]1(C)C=C(c2c(-c3ccc(C(=O)N4CCCC4)cc3)c3c(N)ncnc3n2C)CN1C(=O)C(=C)C. The maximum absolute atomic E-state index is 13.0. The number of benzene rings is 1. The Balaban J connectivity index is 1.66. The fourth-order valence-corrected chi connectivity index (χ4v) is 5.39. The molecule has 1 aromatic carbocycles. The number of rotatable bonds is 4. The van der Waals surface area contributed by atoms with Gasteiger partial charge >= 0.3 is 0 Å². The minimum Gasteiger partial charge on any atom is -0.383 e. The van der Waals surface area contributed by atoms with Crippen LogP contribution in [0.2, 0.25) is 0 Å². The molecule has 8 nitrogen and oxygen atoms in total. The molecule has 5 rings (SSSR count). The number of nitrogens with zero attached hydrogens (tertiary/aromatic N) is 5. The van der Waals surface area contributed by atoms with Crippen molar-refractivity contribution in [3.05, 3.63) is 60.1 Å². The predicted octanol–water partition coefficient (Wildman–Crippen LogP) is 3.65.